The van der Waals surface area contributed by atoms with Crippen molar-refractivity contribution in [1.82, 2.24) is 10.2 Å². The normalized spacial score (nSPS) is 11.8. The van der Waals surface area contributed by atoms with Crippen LogP contribution < -0.4 is 5.32 Å². The zero-order chi connectivity index (χ0) is 17.2. The number of hydrogen-bond acceptors (Lipinski definition) is 3. The van der Waals surface area contributed by atoms with Crippen LogP contribution in [0.1, 0.15) is 31.4 Å². The smallest absolute Gasteiger partial charge is 0.317 e. The number of rotatable bonds is 9. The molecule has 0 aromatic heterocycles. The Labute approximate surface area is 137 Å². The van der Waals surface area contributed by atoms with Gasteiger partial charge in [0.15, 0.2) is 0 Å². The predicted octanol–water partition coefficient (Wildman–Crippen LogP) is 2.48. The Morgan fingerprint density at radius 1 is 1.30 bits per heavy atom. The Hall–Kier alpha value is -2.08. The van der Waals surface area contributed by atoms with Crippen molar-refractivity contribution in [3.63, 3.8) is 0 Å². The van der Waals surface area contributed by atoms with E-state index >= 15 is 0 Å². The van der Waals surface area contributed by atoms with Gasteiger partial charge < -0.3 is 20.1 Å². The number of hydrogen-bond donors (Lipinski definition) is 2. The first-order valence-electron chi connectivity index (χ1n) is 7.82. The molecular weight excluding hydrogens is 296 g/mol. The second-order valence-electron chi connectivity index (χ2n) is 5.60. The average molecular weight is 322 g/mol. The number of urea groups is 1. The maximum absolute atomic E-state index is 12.0. The van der Waals surface area contributed by atoms with Crippen LogP contribution in [0, 0.1) is 5.92 Å². The van der Waals surface area contributed by atoms with E-state index in [4.69, 9.17) is 9.84 Å². The Morgan fingerprint density at radius 3 is 2.57 bits per heavy atom. The van der Waals surface area contributed by atoms with Crippen molar-refractivity contribution in [2.45, 2.75) is 33.4 Å². The van der Waals surface area contributed by atoms with Crippen LogP contribution in [0.25, 0.3) is 0 Å². The van der Waals surface area contributed by atoms with Crippen LogP contribution in [0.2, 0.25) is 0 Å². The largest absolute Gasteiger partial charge is 0.481 e. The Bertz CT molecular complexity index is 519. The molecular formula is C17H26N2O4. The summed E-state index contributed by atoms with van der Waals surface area (Å²) in [5, 5.41) is 11.7. The third-order valence-corrected chi connectivity index (χ3v) is 3.47. The van der Waals surface area contributed by atoms with Crippen LogP contribution in [0.15, 0.2) is 24.3 Å². The lowest BCUT2D eigenvalue weighted by Crippen LogP contribution is -2.40. The summed E-state index contributed by atoms with van der Waals surface area (Å²) in [5.74, 6) is -1.51. The molecule has 1 aromatic carbocycles. The summed E-state index contributed by atoms with van der Waals surface area (Å²) in [5.41, 5.74) is 2.04. The molecule has 0 bridgehead atoms. The fourth-order valence-corrected chi connectivity index (χ4v) is 2.07. The van der Waals surface area contributed by atoms with Gasteiger partial charge in [-0.3, -0.25) is 4.79 Å². The summed E-state index contributed by atoms with van der Waals surface area (Å²) in [6.45, 7) is 5.41. The van der Waals surface area contributed by atoms with Gasteiger partial charge in [0.1, 0.15) is 0 Å². The lowest BCUT2D eigenvalue weighted by molar-refractivity contribution is -0.141. The molecule has 0 fully saturated rings. The van der Waals surface area contributed by atoms with E-state index in [0.717, 1.165) is 17.5 Å². The molecule has 6 heteroatoms. The molecule has 1 aromatic rings. The number of nitrogens with zero attached hydrogens (tertiary/aromatic N) is 1. The van der Waals surface area contributed by atoms with E-state index in [1.807, 2.05) is 24.3 Å². The summed E-state index contributed by atoms with van der Waals surface area (Å²) >= 11 is 0. The minimum absolute atomic E-state index is 0.169. The van der Waals surface area contributed by atoms with E-state index in [1.165, 1.54) is 4.90 Å². The number of aliphatic carboxylic acids is 1. The number of nitrogens with one attached hydrogen (secondary N) is 1. The molecule has 128 valence electrons. The van der Waals surface area contributed by atoms with E-state index in [-0.39, 0.29) is 12.6 Å². The summed E-state index contributed by atoms with van der Waals surface area (Å²) in [7, 11) is 1.59. The SMILES string of the molecule is CCCOCc1ccccc1CNC(=O)N(C)CC(C)C(=O)O. The molecule has 1 atom stereocenters. The van der Waals surface area contributed by atoms with Gasteiger partial charge in [0.2, 0.25) is 0 Å². The second-order valence-corrected chi connectivity index (χ2v) is 5.60. The fraction of sp³-hybridized carbons (Fsp3) is 0.529. The van der Waals surface area contributed by atoms with Crippen LogP contribution in [0.3, 0.4) is 0 Å². The summed E-state index contributed by atoms with van der Waals surface area (Å²) < 4.78 is 5.55. The molecule has 1 unspecified atom stereocenters. The van der Waals surface area contributed by atoms with Crippen molar-refractivity contribution in [3.8, 4) is 0 Å². The predicted molar refractivity (Wildman–Crippen MR) is 88.1 cm³/mol. The molecule has 23 heavy (non-hydrogen) atoms. The topological polar surface area (TPSA) is 78.9 Å². The van der Waals surface area contributed by atoms with Gasteiger partial charge >= 0.3 is 12.0 Å². The summed E-state index contributed by atoms with van der Waals surface area (Å²) in [6, 6.07) is 7.50. The quantitative estimate of drug-likeness (QED) is 0.685. The monoisotopic (exact) mass is 322 g/mol. The molecule has 0 aliphatic rings. The molecule has 1 rings (SSSR count). The van der Waals surface area contributed by atoms with E-state index in [0.29, 0.717) is 19.8 Å². The van der Waals surface area contributed by atoms with Crippen LogP contribution in [0.5, 0.6) is 0 Å². The number of carboxylic acids is 1. The minimum Gasteiger partial charge on any atom is -0.481 e. The van der Waals surface area contributed by atoms with Gasteiger partial charge in [-0.25, -0.2) is 4.79 Å². The van der Waals surface area contributed by atoms with Crippen LogP contribution in [-0.2, 0) is 22.7 Å². The van der Waals surface area contributed by atoms with Crippen molar-refractivity contribution < 1.29 is 19.4 Å². The first-order valence-corrected chi connectivity index (χ1v) is 7.82. The highest BCUT2D eigenvalue weighted by Crippen LogP contribution is 2.10. The van der Waals surface area contributed by atoms with Crippen molar-refractivity contribution >= 4 is 12.0 Å². The van der Waals surface area contributed by atoms with E-state index < -0.39 is 11.9 Å². The first kappa shape index (κ1) is 19.0. The maximum Gasteiger partial charge on any atom is 0.317 e. The zero-order valence-electron chi connectivity index (χ0n) is 14.0. The van der Waals surface area contributed by atoms with Crippen molar-refractivity contribution in [3.05, 3.63) is 35.4 Å². The lowest BCUT2D eigenvalue weighted by Gasteiger charge is -2.20. The number of ether oxygens (including phenoxy) is 1. The fourth-order valence-electron chi connectivity index (χ4n) is 2.07. The number of carbonyl (C=O) groups excluding carboxylic acids is 1. The number of carboxylic acid groups (broad SMARTS) is 1. The molecule has 0 saturated carbocycles. The number of amides is 2. The van der Waals surface area contributed by atoms with Gasteiger partial charge in [0.25, 0.3) is 0 Å². The van der Waals surface area contributed by atoms with E-state index in [1.54, 1.807) is 14.0 Å². The van der Waals surface area contributed by atoms with Crippen molar-refractivity contribution in [2.24, 2.45) is 5.92 Å². The van der Waals surface area contributed by atoms with Crippen LogP contribution in [-0.4, -0.2) is 42.2 Å². The Morgan fingerprint density at radius 2 is 1.96 bits per heavy atom. The van der Waals surface area contributed by atoms with Gasteiger partial charge in [0.05, 0.1) is 12.5 Å². The van der Waals surface area contributed by atoms with Gasteiger partial charge in [0, 0.05) is 26.7 Å². The second kappa shape index (κ2) is 9.84. The zero-order valence-corrected chi connectivity index (χ0v) is 14.0. The molecule has 0 saturated heterocycles. The van der Waals surface area contributed by atoms with Gasteiger partial charge in [-0.1, -0.05) is 38.1 Å². The molecule has 2 N–H and O–H groups in total. The minimum atomic E-state index is -0.914. The molecule has 0 aliphatic carbocycles. The Kier molecular flexibility index (Phi) is 8.11. The first-order chi connectivity index (χ1) is 11.0. The summed E-state index contributed by atoms with van der Waals surface area (Å²) in [6.07, 6.45) is 0.964. The molecule has 0 spiro atoms. The molecule has 2 amide bonds. The number of benzene rings is 1. The van der Waals surface area contributed by atoms with Gasteiger partial charge in [-0.05, 0) is 17.5 Å². The molecule has 0 radical (unpaired) electrons. The highest BCUT2D eigenvalue weighted by molar-refractivity contribution is 5.75. The molecule has 0 aliphatic heterocycles. The third-order valence-electron chi connectivity index (χ3n) is 3.47. The standard InChI is InChI=1S/C17H26N2O4/c1-4-9-23-12-15-8-6-5-7-14(15)10-18-17(22)19(3)11-13(2)16(20)21/h5-8,13H,4,9-12H2,1-3H3,(H,18,22)(H,20,21). The molecule has 0 heterocycles. The van der Waals surface area contributed by atoms with Gasteiger partial charge in [-0.2, -0.15) is 0 Å². The summed E-state index contributed by atoms with van der Waals surface area (Å²) in [4.78, 5) is 24.3. The molecule has 6 nitrogen and oxygen atoms in total. The highest BCUT2D eigenvalue weighted by Gasteiger charge is 2.17. The third kappa shape index (κ3) is 6.69. The Balaban J connectivity index is 2.53. The maximum atomic E-state index is 12.0. The lowest BCUT2D eigenvalue weighted by atomic mass is 10.1. The van der Waals surface area contributed by atoms with E-state index in [9.17, 15) is 9.59 Å². The van der Waals surface area contributed by atoms with Crippen molar-refractivity contribution in [1.29, 1.82) is 0 Å². The highest BCUT2D eigenvalue weighted by atomic mass is 16.5. The van der Waals surface area contributed by atoms with Crippen LogP contribution >= 0.6 is 0 Å². The van der Waals surface area contributed by atoms with Crippen LogP contribution in [0.4, 0.5) is 4.79 Å². The van der Waals surface area contributed by atoms with E-state index in [2.05, 4.69) is 12.2 Å². The average Bonchev–Trinajstić information content (AvgIpc) is 2.53. The number of carbonyl (C=O) groups is 2. The van der Waals surface area contributed by atoms with Crippen molar-refractivity contribution in [2.75, 3.05) is 20.2 Å². The van der Waals surface area contributed by atoms with Gasteiger partial charge in [-0.15, -0.1) is 0 Å².